The molecule has 3 rings (SSSR count). The summed E-state index contributed by atoms with van der Waals surface area (Å²) in [7, 11) is 0. The SMILES string of the molecule is Cc1ccc(NC(=O)COC(=O)[C@@H]2CCCN2C(=O)c2ccco2)c(Cl)c1. The number of ether oxygens (including phenoxy) is 1. The van der Waals surface area contributed by atoms with Gasteiger partial charge in [0.25, 0.3) is 11.8 Å². The van der Waals surface area contributed by atoms with Crippen molar-refractivity contribution in [1.82, 2.24) is 4.90 Å². The van der Waals surface area contributed by atoms with Crippen LogP contribution in [0.15, 0.2) is 41.0 Å². The summed E-state index contributed by atoms with van der Waals surface area (Å²) in [5.74, 6) is -1.31. The third-order valence-electron chi connectivity index (χ3n) is 4.26. The molecule has 27 heavy (non-hydrogen) atoms. The van der Waals surface area contributed by atoms with Crippen molar-refractivity contribution in [3.63, 3.8) is 0 Å². The molecular formula is C19H19ClN2O5. The molecule has 2 heterocycles. The summed E-state index contributed by atoms with van der Waals surface area (Å²) in [5, 5.41) is 3.00. The Morgan fingerprint density at radius 2 is 2.15 bits per heavy atom. The highest BCUT2D eigenvalue weighted by atomic mass is 35.5. The van der Waals surface area contributed by atoms with E-state index in [1.807, 2.05) is 13.0 Å². The molecule has 1 aliphatic rings. The molecule has 7 nitrogen and oxygen atoms in total. The Balaban J connectivity index is 1.55. The quantitative estimate of drug-likeness (QED) is 0.792. The molecule has 1 aromatic heterocycles. The molecule has 1 saturated heterocycles. The van der Waals surface area contributed by atoms with E-state index in [0.29, 0.717) is 30.1 Å². The average molecular weight is 391 g/mol. The van der Waals surface area contributed by atoms with Crippen molar-refractivity contribution in [2.75, 3.05) is 18.5 Å². The Morgan fingerprint density at radius 1 is 1.33 bits per heavy atom. The Kier molecular flexibility index (Phi) is 5.81. The third kappa shape index (κ3) is 4.49. The Hall–Kier alpha value is -2.80. The van der Waals surface area contributed by atoms with Crippen molar-refractivity contribution in [1.29, 1.82) is 0 Å². The molecule has 2 aromatic rings. The molecule has 2 amide bonds. The van der Waals surface area contributed by atoms with Crippen LogP contribution in [0.25, 0.3) is 0 Å². The van der Waals surface area contributed by atoms with E-state index in [1.54, 1.807) is 24.3 Å². The zero-order valence-electron chi connectivity index (χ0n) is 14.7. The minimum Gasteiger partial charge on any atom is -0.459 e. The van der Waals surface area contributed by atoms with E-state index in [1.165, 1.54) is 11.2 Å². The summed E-state index contributed by atoms with van der Waals surface area (Å²) in [4.78, 5) is 38.2. The molecule has 142 valence electrons. The van der Waals surface area contributed by atoms with Gasteiger partial charge in [-0.1, -0.05) is 17.7 Å². The number of carbonyl (C=O) groups is 3. The monoisotopic (exact) mass is 390 g/mol. The van der Waals surface area contributed by atoms with Gasteiger partial charge in [0.15, 0.2) is 12.4 Å². The first-order valence-corrected chi connectivity index (χ1v) is 8.90. The predicted molar refractivity (Wildman–Crippen MR) is 98.5 cm³/mol. The summed E-state index contributed by atoms with van der Waals surface area (Å²) < 4.78 is 10.2. The largest absolute Gasteiger partial charge is 0.459 e. The smallest absolute Gasteiger partial charge is 0.329 e. The van der Waals surface area contributed by atoms with E-state index < -0.39 is 24.5 Å². The van der Waals surface area contributed by atoms with Crippen molar-refractivity contribution in [3.8, 4) is 0 Å². The molecule has 1 atom stereocenters. The summed E-state index contributed by atoms with van der Waals surface area (Å²) >= 11 is 6.07. The maximum absolute atomic E-state index is 12.4. The van der Waals surface area contributed by atoms with Gasteiger partial charge in [0.2, 0.25) is 0 Å². The number of rotatable bonds is 5. The van der Waals surface area contributed by atoms with Crippen molar-refractivity contribution >= 4 is 35.1 Å². The number of furan rings is 1. The van der Waals surface area contributed by atoms with Crippen LogP contribution in [-0.2, 0) is 14.3 Å². The normalized spacial score (nSPS) is 16.2. The standard InChI is InChI=1S/C19H19ClN2O5/c1-12-6-7-14(13(20)10-12)21-17(23)11-27-19(25)15-4-2-8-22(15)18(24)16-5-3-9-26-16/h3,5-7,9-10,15H,2,4,8,11H2,1H3,(H,21,23)/t15-/m0/s1. The molecule has 1 fully saturated rings. The van der Waals surface area contributed by atoms with Gasteiger partial charge in [-0.25, -0.2) is 4.79 Å². The Bertz CT molecular complexity index is 850. The molecule has 0 bridgehead atoms. The molecule has 0 aliphatic carbocycles. The van der Waals surface area contributed by atoms with Crippen LogP contribution in [0.2, 0.25) is 5.02 Å². The first-order valence-electron chi connectivity index (χ1n) is 8.53. The molecule has 8 heteroatoms. The second kappa shape index (κ2) is 8.26. The van der Waals surface area contributed by atoms with Crippen LogP contribution in [0.1, 0.15) is 29.0 Å². The predicted octanol–water partition coefficient (Wildman–Crippen LogP) is 3.03. The molecule has 1 N–H and O–H groups in total. The number of benzene rings is 1. The number of amides is 2. The highest BCUT2D eigenvalue weighted by molar-refractivity contribution is 6.33. The number of nitrogens with one attached hydrogen (secondary N) is 1. The lowest BCUT2D eigenvalue weighted by Crippen LogP contribution is -2.42. The van der Waals surface area contributed by atoms with Gasteiger partial charge in [-0.05, 0) is 49.6 Å². The first-order chi connectivity index (χ1) is 13.0. The highest BCUT2D eigenvalue weighted by Crippen LogP contribution is 2.23. The van der Waals surface area contributed by atoms with Crippen LogP contribution >= 0.6 is 11.6 Å². The van der Waals surface area contributed by atoms with Crippen LogP contribution in [-0.4, -0.2) is 41.9 Å². The van der Waals surface area contributed by atoms with Gasteiger partial charge in [0.1, 0.15) is 6.04 Å². The molecule has 0 unspecified atom stereocenters. The van der Waals surface area contributed by atoms with E-state index >= 15 is 0 Å². The molecule has 1 aliphatic heterocycles. The molecule has 1 aromatic carbocycles. The maximum Gasteiger partial charge on any atom is 0.329 e. The van der Waals surface area contributed by atoms with Crippen molar-refractivity contribution < 1.29 is 23.5 Å². The molecule has 0 spiro atoms. The number of aryl methyl sites for hydroxylation is 1. The summed E-state index contributed by atoms with van der Waals surface area (Å²) in [6.45, 7) is 1.86. The van der Waals surface area contributed by atoms with E-state index in [4.69, 9.17) is 20.8 Å². The lowest BCUT2D eigenvalue weighted by Gasteiger charge is -2.22. The van der Waals surface area contributed by atoms with Crippen LogP contribution < -0.4 is 5.32 Å². The lowest BCUT2D eigenvalue weighted by atomic mass is 10.2. The first kappa shape index (κ1) is 19.0. The molecular weight excluding hydrogens is 372 g/mol. The average Bonchev–Trinajstić information content (AvgIpc) is 3.33. The van der Waals surface area contributed by atoms with Gasteiger partial charge in [0.05, 0.1) is 17.0 Å². The van der Waals surface area contributed by atoms with E-state index in [2.05, 4.69) is 5.32 Å². The second-order valence-electron chi connectivity index (χ2n) is 6.27. The number of carbonyl (C=O) groups excluding carboxylic acids is 3. The number of nitrogens with zero attached hydrogens (tertiary/aromatic N) is 1. The molecule has 0 radical (unpaired) electrons. The van der Waals surface area contributed by atoms with E-state index in [0.717, 1.165) is 5.56 Å². The summed E-state index contributed by atoms with van der Waals surface area (Å²) in [6.07, 6.45) is 2.56. The van der Waals surface area contributed by atoms with Crippen LogP contribution in [0.3, 0.4) is 0 Å². The number of anilines is 1. The number of hydrogen-bond donors (Lipinski definition) is 1. The topological polar surface area (TPSA) is 88.9 Å². The fraction of sp³-hybridized carbons (Fsp3) is 0.316. The fourth-order valence-electron chi connectivity index (χ4n) is 2.94. The lowest BCUT2D eigenvalue weighted by molar-refractivity contribution is -0.151. The Labute approximate surface area is 161 Å². The zero-order chi connectivity index (χ0) is 19.4. The zero-order valence-corrected chi connectivity index (χ0v) is 15.5. The van der Waals surface area contributed by atoms with Gasteiger partial charge in [-0.2, -0.15) is 0 Å². The van der Waals surface area contributed by atoms with Crippen molar-refractivity contribution in [2.24, 2.45) is 0 Å². The van der Waals surface area contributed by atoms with Gasteiger partial charge in [-0.3, -0.25) is 9.59 Å². The van der Waals surface area contributed by atoms with Crippen molar-refractivity contribution in [2.45, 2.75) is 25.8 Å². The van der Waals surface area contributed by atoms with Gasteiger partial charge in [0, 0.05) is 6.54 Å². The third-order valence-corrected chi connectivity index (χ3v) is 4.57. The number of hydrogen-bond acceptors (Lipinski definition) is 5. The minimum atomic E-state index is -0.724. The summed E-state index contributed by atoms with van der Waals surface area (Å²) in [5.41, 5.74) is 1.41. The van der Waals surface area contributed by atoms with Crippen LogP contribution in [0, 0.1) is 6.92 Å². The molecule has 0 saturated carbocycles. The Morgan fingerprint density at radius 3 is 2.85 bits per heavy atom. The number of halogens is 1. The highest BCUT2D eigenvalue weighted by Gasteiger charge is 2.36. The maximum atomic E-state index is 12.4. The second-order valence-corrected chi connectivity index (χ2v) is 6.68. The van der Waals surface area contributed by atoms with Gasteiger partial charge in [-0.15, -0.1) is 0 Å². The number of likely N-dealkylation sites (tertiary alicyclic amines) is 1. The number of esters is 1. The fourth-order valence-corrected chi connectivity index (χ4v) is 3.22. The summed E-state index contributed by atoms with van der Waals surface area (Å²) in [6, 6.07) is 7.64. The minimum absolute atomic E-state index is 0.168. The van der Waals surface area contributed by atoms with Crippen molar-refractivity contribution in [3.05, 3.63) is 52.9 Å². The van der Waals surface area contributed by atoms with Crippen LogP contribution in [0.4, 0.5) is 5.69 Å². The van der Waals surface area contributed by atoms with E-state index in [9.17, 15) is 14.4 Å². The van der Waals surface area contributed by atoms with Crippen LogP contribution in [0.5, 0.6) is 0 Å². The van der Waals surface area contributed by atoms with Gasteiger partial charge < -0.3 is 19.4 Å². The van der Waals surface area contributed by atoms with E-state index in [-0.39, 0.29) is 11.7 Å². The van der Waals surface area contributed by atoms with Gasteiger partial charge >= 0.3 is 5.97 Å².